The molecule has 114 valence electrons. The Morgan fingerprint density at radius 2 is 2.05 bits per heavy atom. The van der Waals surface area contributed by atoms with Gasteiger partial charge in [-0.15, -0.1) is 0 Å². The molecule has 1 amide bonds. The van der Waals surface area contributed by atoms with Crippen molar-refractivity contribution in [3.05, 3.63) is 63.4 Å². The molecule has 2 aromatic rings. The fourth-order valence-corrected chi connectivity index (χ4v) is 1.83. The van der Waals surface area contributed by atoms with Gasteiger partial charge in [0.05, 0.1) is 10.6 Å². The molecule has 0 aromatic heterocycles. The van der Waals surface area contributed by atoms with E-state index in [2.05, 4.69) is 5.32 Å². The van der Waals surface area contributed by atoms with Crippen LogP contribution in [0.3, 0.4) is 0 Å². The molecule has 0 heterocycles. The Kier molecular flexibility index (Phi) is 4.90. The van der Waals surface area contributed by atoms with E-state index in [9.17, 15) is 19.3 Å². The third kappa shape index (κ3) is 3.92. The van der Waals surface area contributed by atoms with E-state index in [0.29, 0.717) is 0 Å². The van der Waals surface area contributed by atoms with E-state index in [1.54, 1.807) is 0 Å². The maximum absolute atomic E-state index is 13.5. The van der Waals surface area contributed by atoms with Crippen LogP contribution >= 0.6 is 11.6 Å². The number of anilines is 1. The van der Waals surface area contributed by atoms with Gasteiger partial charge in [0.1, 0.15) is 5.82 Å². The van der Waals surface area contributed by atoms with Crippen molar-refractivity contribution in [2.45, 2.75) is 0 Å². The van der Waals surface area contributed by atoms with Gasteiger partial charge >= 0.3 is 5.69 Å². The SMILES string of the molecule is O=C(COc1ccccc1[N+](=O)[O-])Nc1cc(Cl)ccc1F. The lowest BCUT2D eigenvalue weighted by atomic mass is 10.3. The number of para-hydroxylation sites is 2. The fraction of sp³-hybridized carbons (Fsp3) is 0.0714. The average Bonchev–Trinajstić information content (AvgIpc) is 2.49. The highest BCUT2D eigenvalue weighted by molar-refractivity contribution is 6.30. The Balaban J connectivity index is 2.02. The van der Waals surface area contributed by atoms with Crippen molar-refractivity contribution in [2.24, 2.45) is 0 Å². The molecular formula is C14H10ClFN2O4. The van der Waals surface area contributed by atoms with Crippen LogP contribution in [0.25, 0.3) is 0 Å². The number of rotatable bonds is 5. The first kappa shape index (κ1) is 15.7. The molecule has 0 saturated heterocycles. The molecule has 1 N–H and O–H groups in total. The lowest BCUT2D eigenvalue weighted by Crippen LogP contribution is -2.21. The lowest BCUT2D eigenvalue weighted by molar-refractivity contribution is -0.385. The molecule has 0 radical (unpaired) electrons. The first-order chi connectivity index (χ1) is 10.5. The topological polar surface area (TPSA) is 81.5 Å². The van der Waals surface area contributed by atoms with Gasteiger partial charge in [0.15, 0.2) is 12.4 Å². The number of carbonyl (C=O) groups excluding carboxylic acids is 1. The summed E-state index contributed by atoms with van der Waals surface area (Å²) >= 11 is 5.70. The van der Waals surface area contributed by atoms with Crippen LogP contribution in [-0.2, 0) is 4.79 Å². The molecule has 2 rings (SSSR count). The molecule has 0 aliphatic rings. The average molecular weight is 325 g/mol. The smallest absolute Gasteiger partial charge is 0.310 e. The number of nitro groups is 1. The van der Waals surface area contributed by atoms with E-state index in [4.69, 9.17) is 16.3 Å². The van der Waals surface area contributed by atoms with Crippen molar-refractivity contribution < 1.29 is 18.8 Å². The summed E-state index contributed by atoms with van der Waals surface area (Å²) in [4.78, 5) is 21.9. The first-order valence-electron chi connectivity index (χ1n) is 6.08. The number of hydrogen-bond acceptors (Lipinski definition) is 4. The summed E-state index contributed by atoms with van der Waals surface area (Å²) in [5.41, 5.74) is -0.354. The van der Waals surface area contributed by atoms with Crippen LogP contribution in [-0.4, -0.2) is 17.4 Å². The molecule has 2 aromatic carbocycles. The molecule has 0 aliphatic carbocycles. The summed E-state index contributed by atoms with van der Waals surface area (Å²) in [6.07, 6.45) is 0. The number of carbonyl (C=O) groups is 1. The fourth-order valence-electron chi connectivity index (χ4n) is 1.65. The van der Waals surface area contributed by atoms with Crippen LogP contribution in [0.1, 0.15) is 0 Å². The van der Waals surface area contributed by atoms with Gasteiger partial charge in [-0.2, -0.15) is 0 Å². The molecule has 22 heavy (non-hydrogen) atoms. The van der Waals surface area contributed by atoms with Crippen LogP contribution in [0.4, 0.5) is 15.8 Å². The standard InChI is InChI=1S/C14H10ClFN2O4/c15-9-5-6-10(16)11(7-9)17-14(19)8-22-13-4-2-1-3-12(13)18(20)21/h1-7H,8H2,(H,17,19). The quantitative estimate of drug-likeness (QED) is 0.675. The second-order valence-corrected chi connectivity index (χ2v) is 4.62. The van der Waals surface area contributed by atoms with Crippen LogP contribution in [0.15, 0.2) is 42.5 Å². The third-order valence-electron chi connectivity index (χ3n) is 2.62. The summed E-state index contributed by atoms with van der Waals surface area (Å²) in [5, 5.41) is 13.3. The van der Waals surface area contributed by atoms with Crippen LogP contribution in [0, 0.1) is 15.9 Å². The van der Waals surface area contributed by atoms with Crippen LogP contribution in [0.2, 0.25) is 5.02 Å². The Labute approximate surface area is 129 Å². The highest BCUT2D eigenvalue weighted by Gasteiger charge is 2.15. The zero-order chi connectivity index (χ0) is 16.1. The summed E-state index contributed by atoms with van der Waals surface area (Å²) in [6.45, 7) is -0.503. The van der Waals surface area contributed by atoms with Gasteiger partial charge in [0, 0.05) is 11.1 Å². The Bertz CT molecular complexity index is 724. The van der Waals surface area contributed by atoms with Gasteiger partial charge in [0.25, 0.3) is 5.91 Å². The maximum atomic E-state index is 13.5. The second-order valence-electron chi connectivity index (χ2n) is 4.19. The number of ether oxygens (including phenoxy) is 1. The zero-order valence-corrected chi connectivity index (χ0v) is 11.8. The Hall–Kier alpha value is -2.67. The van der Waals surface area contributed by atoms with Gasteiger partial charge in [-0.05, 0) is 24.3 Å². The minimum Gasteiger partial charge on any atom is -0.477 e. The summed E-state index contributed by atoms with van der Waals surface area (Å²) in [6, 6.07) is 9.34. The molecule has 0 bridgehead atoms. The Morgan fingerprint density at radius 1 is 1.32 bits per heavy atom. The molecule has 0 spiro atoms. The minimum absolute atomic E-state index is 0.0470. The van der Waals surface area contributed by atoms with Crippen molar-refractivity contribution >= 4 is 28.9 Å². The number of halogens is 2. The summed E-state index contributed by atoms with van der Waals surface area (Å²) < 4.78 is 18.6. The van der Waals surface area contributed by atoms with E-state index in [1.165, 1.54) is 36.4 Å². The third-order valence-corrected chi connectivity index (χ3v) is 2.86. The van der Waals surface area contributed by atoms with Crippen molar-refractivity contribution in [3.63, 3.8) is 0 Å². The molecule has 6 nitrogen and oxygen atoms in total. The minimum atomic E-state index is -0.667. The molecule has 0 fully saturated rings. The van der Waals surface area contributed by atoms with Crippen molar-refractivity contribution in [3.8, 4) is 5.75 Å². The predicted molar refractivity (Wildman–Crippen MR) is 78.6 cm³/mol. The van der Waals surface area contributed by atoms with Gasteiger partial charge < -0.3 is 10.1 Å². The number of nitrogens with one attached hydrogen (secondary N) is 1. The van der Waals surface area contributed by atoms with E-state index >= 15 is 0 Å². The van der Waals surface area contributed by atoms with Gasteiger partial charge in [-0.1, -0.05) is 23.7 Å². The van der Waals surface area contributed by atoms with E-state index in [-0.39, 0.29) is 22.1 Å². The molecule has 0 saturated carbocycles. The first-order valence-corrected chi connectivity index (χ1v) is 6.46. The van der Waals surface area contributed by atoms with E-state index in [0.717, 1.165) is 6.07 Å². The predicted octanol–water partition coefficient (Wildman–Crippen LogP) is 3.40. The Morgan fingerprint density at radius 3 is 2.77 bits per heavy atom. The summed E-state index contributed by atoms with van der Waals surface area (Å²) in [5.74, 6) is -1.36. The van der Waals surface area contributed by atoms with Gasteiger partial charge in [-0.25, -0.2) is 4.39 Å². The van der Waals surface area contributed by atoms with Crippen molar-refractivity contribution in [2.75, 3.05) is 11.9 Å². The maximum Gasteiger partial charge on any atom is 0.310 e. The monoisotopic (exact) mass is 324 g/mol. The highest BCUT2D eigenvalue weighted by Crippen LogP contribution is 2.25. The normalized spacial score (nSPS) is 10.1. The highest BCUT2D eigenvalue weighted by atomic mass is 35.5. The molecule has 8 heteroatoms. The van der Waals surface area contributed by atoms with Crippen LogP contribution < -0.4 is 10.1 Å². The van der Waals surface area contributed by atoms with E-state index < -0.39 is 23.3 Å². The molecule has 0 atom stereocenters. The number of nitrogens with zero attached hydrogens (tertiary/aromatic N) is 1. The lowest BCUT2D eigenvalue weighted by Gasteiger charge is -2.08. The number of nitro benzene ring substituents is 1. The van der Waals surface area contributed by atoms with Crippen LogP contribution in [0.5, 0.6) is 5.75 Å². The van der Waals surface area contributed by atoms with Crippen molar-refractivity contribution in [1.82, 2.24) is 0 Å². The zero-order valence-electron chi connectivity index (χ0n) is 11.1. The largest absolute Gasteiger partial charge is 0.477 e. The van der Waals surface area contributed by atoms with E-state index in [1.807, 2.05) is 0 Å². The van der Waals surface area contributed by atoms with Crippen molar-refractivity contribution in [1.29, 1.82) is 0 Å². The summed E-state index contributed by atoms with van der Waals surface area (Å²) in [7, 11) is 0. The molecule has 0 aliphatic heterocycles. The number of benzene rings is 2. The molecule has 0 unspecified atom stereocenters. The number of amides is 1. The van der Waals surface area contributed by atoms with Gasteiger partial charge in [-0.3, -0.25) is 14.9 Å². The van der Waals surface area contributed by atoms with Gasteiger partial charge in [0.2, 0.25) is 0 Å². The second kappa shape index (κ2) is 6.86. The molecular weight excluding hydrogens is 315 g/mol. The number of hydrogen-bond donors (Lipinski definition) is 1.